The highest BCUT2D eigenvalue weighted by atomic mass is 16.4. The molecular weight excluding hydrogens is 312 g/mol. The van der Waals surface area contributed by atoms with Gasteiger partial charge in [-0.2, -0.15) is 0 Å². The summed E-state index contributed by atoms with van der Waals surface area (Å²) in [5, 5.41) is 15.3. The number of carbonyl (C=O) groups is 1. The molecule has 0 radical (unpaired) electrons. The van der Waals surface area contributed by atoms with Gasteiger partial charge in [0, 0.05) is 40.9 Å². The summed E-state index contributed by atoms with van der Waals surface area (Å²) in [6.45, 7) is 1.83. The van der Waals surface area contributed by atoms with Crippen LogP contribution in [0, 0.1) is 5.92 Å². The third-order valence-corrected chi connectivity index (χ3v) is 5.52. The number of fused-ring (bicyclic) bond motifs is 3. The number of rotatable bonds is 5. The number of aromatic nitrogens is 1. The highest BCUT2D eigenvalue weighted by Crippen LogP contribution is 2.28. The molecular formula is C21H24N2O2. The Morgan fingerprint density at radius 1 is 0.960 bits per heavy atom. The molecule has 2 N–H and O–H groups in total. The molecule has 1 aliphatic carbocycles. The first-order chi connectivity index (χ1) is 12.2. The van der Waals surface area contributed by atoms with E-state index in [2.05, 4.69) is 58.4 Å². The fraction of sp³-hybridized carbons (Fsp3) is 0.381. The van der Waals surface area contributed by atoms with Crippen LogP contribution in [0.4, 0.5) is 0 Å². The summed E-state index contributed by atoms with van der Waals surface area (Å²) in [7, 11) is 0. The fourth-order valence-electron chi connectivity index (χ4n) is 4.17. The second-order valence-electron chi connectivity index (χ2n) is 7.03. The van der Waals surface area contributed by atoms with Gasteiger partial charge in [-0.05, 0) is 37.8 Å². The molecule has 3 aromatic rings. The maximum Gasteiger partial charge on any atom is 0.306 e. The molecule has 1 aromatic heterocycles. The zero-order chi connectivity index (χ0) is 17.2. The first kappa shape index (κ1) is 16.2. The van der Waals surface area contributed by atoms with Crippen LogP contribution in [0.25, 0.3) is 21.8 Å². The lowest BCUT2D eigenvalue weighted by molar-refractivity contribution is -0.142. The van der Waals surface area contributed by atoms with Gasteiger partial charge in [-0.15, -0.1) is 0 Å². The van der Waals surface area contributed by atoms with E-state index in [0.29, 0.717) is 6.04 Å². The van der Waals surface area contributed by atoms with Gasteiger partial charge in [-0.3, -0.25) is 4.79 Å². The van der Waals surface area contributed by atoms with Crippen LogP contribution in [-0.4, -0.2) is 28.2 Å². The Bertz CT molecular complexity index is 838. The van der Waals surface area contributed by atoms with Crippen molar-refractivity contribution in [2.45, 2.75) is 38.3 Å². The second-order valence-corrected chi connectivity index (χ2v) is 7.03. The van der Waals surface area contributed by atoms with E-state index in [9.17, 15) is 4.79 Å². The lowest BCUT2D eigenvalue weighted by Crippen LogP contribution is -2.36. The summed E-state index contributed by atoms with van der Waals surface area (Å²) in [6, 6.07) is 17.6. The number of aliphatic carboxylic acids is 1. The van der Waals surface area contributed by atoms with E-state index in [1.807, 2.05) is 0 Å². The Kier molecular flexibility index (Phi) is 4.45. The molecule has 1 heterocycles. The molecule has 1 fully saturated rings. The number of para-hydroxylation sites is 2. The third kappa shape index (κ3) is 3.14. The SMILES string of the molecule is O=C(O)C1CCC(NCCn2c3ccccc3c3ccccc32)CC1. The van der Waals surface area contributed by atoms with Crippen molar-refractivity contribution in [3.63, 3.8) is 0 Å². The van der Waals surface area contributed by atoms with E-state index < -0.39 is 5.97 Å². The van der Waals surface area contributed by atoms with Crippen molar-refractivity contribution in [2.75, 3.05) is 6.54 Å². The fourth-order valence-corrected chi connectivity index (χ4v) is 4.17. The van der Waals surface area contributed by atoms with Gasteiger partial charge < -0.3 is 15.0 Å². The number of nitrogens with one attached hydrogen (secondary N) is 1. The van der Waals surface area contributed by atoms with E-state index in [0.717, 1.165) is 38.8 Å². The molecule has 1 aliphatic rings. The molecule has 4 heteroatoms. The van der Waals surface area contributed by atoms with Crippen LogP contribution in [0.5, 0.6) is 0 Å². The number of benzene rings is 2. The molecule has 0 unspecified atom stereocenters. The molecule has 2 aromatic carbocycles. The quantitative estimate of drug-likeness (QED) is 0.740. The van der Waals surface area contributed by atoms with E-state index in [4.69, 9.17) is 5.11 Å². The monoisotopic (exact) mass is 336 g/mol. The molecule has 0 spiro atoms. The molecule has 0 saturated heterocycles. The standard InChI is InChI=1S/C21H24N2O2/c24-21(25)15-9-11-16(12-10-15)22-13-14-23-19-7-3-1-5-17(19)18-6-2-4-8-20(18)23/h1-8,15-16,22H,9-14H2,(H,24,25). The van der Waals surface area contributed by atoms with Gasteiger partial charge in [0.05, 0.1) is 5.92 Å². The van der Waals surface area contributed by atoms with Gasteiger partial charge in [0.1, 0.15) is 0 Å². The Morgan fingerprint density at radius 2 is 1.52 bits per heavy atom. The molecule has 0 aliphatic heterocycles. The number of hydrogen-bond acceptors (Lipinski definition) is 2. The molecule has 0 bridgehead atoms. The maximum atomic E-state index is 11.1. The first-order valence-corrected chi connectivity index (χ1v) is 9.16. The van der Waals surface area contributed by atoms with E-state index in [1.54, 1.807) is 0 Å². The van der Waals surface area contributed by atoms with Crippen LogP contribution >= 0.6 is 0 Å². The van der Waals surface area contributed by atoms with Gasteiger partial charge in [0.2, 0.25) is 0 Å². The van der Waals surface area contributed by atoms with Crippen molar-refractivity contribution >= 4 is 27.8 Å². The van der Waals surface area contributed by atoms with Gasteiger partial charge in [-0.1, -0.05) is 36.4 Å². The highest BCUT2D eigenvalue weighted by Gasteiger charge is 2.25. The number of nitrogens with zero attached hydrogens (tertiary/aromatic N) is 1. The third-order valence-electron chi connectivity index (χ3n) is 5.52. The van der Waals surface area contributed by atoms with Crippen molar-refractivity contribution in [2.24, 2.45) is 5.92 Å². The molecule has 130 valence electrons. The molecule has 0 amide bonds. The average Bonchev–Trinajstić information content (AvgIpc) is 2.97. The number of hydrogen-bond donors (Lipinski definition) is 2. The normalized spacial score (nSPS) is 21.0. The Balaban J connectivity index is 1.45. The second kappa shape index (κ2) is 6.89. The average molecular weight is 336 g/mol. The van der Waals surface area contributed by atoms with Crippen molar-refractivity contribution < 1.29 is 9.90 Å². The lowest BCUT2D eigenvalue weighted by Gasteiger charge is -2.27. The maximum absolute atomic E-state index is 11.1. The van der Waals surface area contributed by atoms with E-state index in [1.165, 1.54) is 21.8 Å². The predicted octanol–water partition coefficient (Wildman–Crippen LogP) is 4.03. The van der Waals surface area contributed by atoms with Crippen LogP contribution in [-0.2, 0) is 11.3 Å². The summed E-state index contributed by atoms with van der Waals surface area (Å²) in [5.41, 5.74) is 2.56. The first-order valence-electron chi connectivity index (χ1n) is 9.16. The zero-order valence-electron chi connectivity index (χ0n) is 14.3. The van der Waals surface area contributed by atoms with Crippen molar-refractivity contribution in [1.82, 2.24) is 9.88 Å². The highest BCUT2D eigenvalue weighted by molar-refractivity contribution is 6.07. The molecule has 4 nitrogen and oxygen atoms in total. The Morgan fingerprint density at radius 3 is 2.08 bits per heavy atom. The van der Waals surface area contributed by atoms with Crippen LogP contribution in [0.2, 0.25) is 0 Å². The van der Waals surface area contributed by atoms with Crippen molar-refractivity contribution in [1.29, 1.82) is 0 Å². The largest absolute Gasteiger partial charge is 0.481 e. The number of carboxylic acid groups (broad SMARTS) is 1. The van der Waals surface area contributed by atoms with Crippen molar-refractivity contribution in [3.8, 4) is 0 Å². The minimum Gasteiger partial charge on any atom is -0.481 e. The van der Waals surface area contributed by atoms with Gasteiger partial charge in [-0.25, -0.2) is 0 Å². The van der Waals surface area contributed by atoms with Gasteiger partial charge in [0.15, 0.2) is 0 Å². The Labute approximate surface area is 147 Å². The van der Waals surface area contributed by atoms with Crippen LogP contribution in [0.3, 0.4) is 0 Å². The topological polar surface area (TPSA) is 54.3 Å². The van der Waals surface area contributed by atoms with Gasteiger partial charge >= 0.3 is 5.97 Å². The summed E-state index contributed by atoms with van der Waals surface area (Å²) in [6.07, 6.45) is 3.51. The summed E-state index contributed by atoms with van der Waals surface area (Å²) in [4.78, 5) is 11.1. The zero-order valence-corrected chi connectivity index (χ0v) is 14.3. The lowest BCUT2D eigenvalue weighted by atomic mass is 9.86. The minimum atomic E-state index is -0.635. The van der Waals surface area contributed by atoms with Gasteiger partial charge in [0.25, 0.3) is 0 Å². The van der Waals surface area contributed by atoms with Crippen LogP contribution < -0.4 is 5.32 Å². The predicted molar refractivity (Wildman–Crippen MR) is 101 cm³/mol. The minimum absolute atomic E-state index is 0.143. The molecule has 25 heavy (non-hydrogen) atoms. The van der Waals surface area contributed by atoms with Crippen LogP contribution in [0.15, 0.2) is 48.5 Å². The summed E-state index contributed by atoms with van der Waals surface area (Å²) < 4.78 is 2.39. The smallest absolute Gasteiger partial charge is 0.306 e. The van der Waals surface area contributed by atoms with Crippen molar-refractivity contribution in [3.05, 3.63) is 48.5 Å². The summed E-state index contributed by atoms with van der Waals surface area (Å²) >= 11 is 0. The Hall–Kier alpha value is -2.33. The number of carboxylic acids is 1. The molecule has 4 rings (SSSR count). The molecule has 1 saturated carbocycles. The van der Waals surface area contributed by atoms with Crippen LogP contribution in [0.1, 0.15) is 25.7 Å². The summed E-state index contributed by atoms with van der Waals surface area (Å²) in [5.74, 6) is -0.779. The van der Waals surface area contributed by atoms with E-state index >= 15 is 0 Å². The molecule has 0 atom stereocenters. The van der Waals surface area contributed by atoms with E-state index in [-0.39, 0.29) is 5.92 Å².